The van der Waals surface area contributed by atoms with Crippen molar-refractivity contribution in [2.24, 2.45) is 5.41 Å². The fourth-order valence-electron chi connectivity index (χ4n) is 3.77. The van der Waals surface area contributed by atoms with E-state index in [0.29, 0.717) is 24.4 Å². The summed E-state index contributed by atoms with van der Waals surface area (Å²) in [6.45, 7) is 4.84. The van der Waals surface area contributed by atoms with Gasteiger partial charge in [0.05, 0.1) is 6.54 Å². The molecule has 2 heterocycles. The molecule has 0 radical (unpaired) electrons. The van der Waals surface area contributed by atoms with Crippen LogP contribution in [-0.4, -0.2) is 42.4 Å². The number of carbonyl (C=O) groups is 2. The first-order valence-corrected chi connectivity index (χ1v) is 9.87. The van der Waals surface area contributed by atoms with E-state index in [1.165, 1.54) is 5.56 Å². The lowest BCUT2D eigenvalue weighted by atomic mass is 9.93. The zero-order valence-electron chi connectivity index (χ0n) is 14.3. The van der Waals surface area contributed by atoms with Gasteiger partial charge in [0.15, 0.2) is 0 Å². The molecule has 2 aliphatic rings. The number of nitrogens with one attached hydrogen (secondary N) is 2. The largest absolute Gasteiger partial charge is 0.347 e. The van der Waals surface area contributed by atoms with Crippen LogP contribution < -0.4 is 10.6 Å². The Balaban J connectivity index is 1.64. The number of hydrogen-bond donors (Lipinski definition) is 2. The lowest BCUT2D eigenvalue weighted by Crippen LogP contribution is -2.43. The molecule has 5 nitrogen and oxygen atoms in total. The van der Waals surface area contributed by atoms with Crippen LogP contribution in [0, 0.1) is 5.41 Å². The molecule has 0 aromatic carbocycles. The van der Waals surface area contributed by atoms with Gasteiger partial charge in [-0.2, -0.15) is 11.3 Å². The van der Waals surface area contributed by atoms with Crippen LogP contribution in [0.5, 0.6) is 0 Å². The quantitative estimate of drug-likeness (QED) is 0.793. The van der Waals surface area contributed by atoms with E-state index >= 15 is 0 Å². The molecule has 1 saturated heterocycles. The zero-order valence-corrected chi connectivity index (χ0v) is 15.2. The second-order valence-corrected chi connectivity index (χ2v) is 7.79. The molecule has 2 fully saturated rings. The number of hydrogen-bond acceptors (Lipinski definition) is 4. The van der Waals surface area contributed by atoms with Crippen molar-refractivity contribution >= 4 is 23.2 Å². The van der Waals surface area contributed by atoms with Crippen LogP contribution in [0.4, 0.5) is 0 Å². The molecule has 1 aliphatic heterocycles. The van der Waals surface area contributed by atoms with Gasteiger partial charge in [-0.15, -0.1) is 0 Å². The molecule has 0 bridgehead atoms. The third-order valence-electron chi connectivity index (χ3n) is 5.29. The van der Waals surface area contributed by atoms with Crippen LogP contribution in [0.15, 0.2) is 16.8 Å². The molecule has 3 rings (SSSR count). The van der Waals surface area contributed by atoms with Crippen molar-refractivity contribution in [3.63, 3.8) is 0 Å². The number of nitrogens with zero attached hydrogens (tertiary/aromatic N) is 1. The molecule has 2 N–H and O–H groups in total. The monoisotopic (exact) mass is 349 g/mol. The molecule has 132 valence electrons. The Bertz CT molecular complexity index is 567. The van der Waals surface area contributed by atoms with E-state index in [-0.39, 0.29) is 18.4 Å². The second kappa shape index (κ2) is 7.66. The summed E-state index contributed by atoms with van der Waals surface area (Å²) in [6.07, 6.45) is 4.68. The number of rotatable bonds is 7. The van der Waals surface area contributed by atoms with Crippen LogP contribution in [0.1, 0.15) is 44.6 Å². The molecule has 2 amide bonds. The Morgan fingerprint density at radius 1 is 1.42 bits per heavy atom. The summed E-state index contributed by atoms with van der Waals surface area (Å²) >= 11 is 1.66. The van der Waals surface area contributed by atoms with Crippen molar-refractivity contribution in [3.05, 3.63) is 22.4 Å². The summed E-state index contributed by atoms with van der Waals surface area (Å²) in [5, 5.41) is 10.3. The van der Waals surface area contributed by atoms with Gasteiger partial charge in [-0.25, -0.2) is 0 Å². The Morgan fingerprint density at radius 3 is 2.88 bits per heavy atom. The predicted octanol–water partition coefficient (Wildman–Crippen LogP) is 2.14. The molecular weight excluding hydrogens is 322 g/mol. The third-order valence-corrected chi connectivity index (χ3v) is 6.02. The van der Waals surface area contributed by atoms with Gasteiger partial charge in [-0.1, -0.05) is 6.92 Å². The Hall–Kier alpha value is -1.40. The van der Waals surface area contributed by atoms with Crippen LogP contribution in [0.25, 0.3) is 0 Å². The van der Waals surface area contributed by atoms with Gasteiger partial charge >= 0.3 is 0 Å². The van der Waals surface area contributed by atoms with Gasteiger partial charge in [0.2, 0.25) is 11.8 Å². The molecule has 24 heavy (non-hydrogen) atoms. The molecule has 6 heteroatoms. The van der Waals surface area contributed by atoms with Gasteiger partial charge in [0.25, 0.3) is 0 Å². The lowest BCUT2D eigenvalue weighted by Gasteiger charge is -2.29. The minimum atomic E-state index is -0.0336. The van der Waals surface area contributed by atoms with Crippen molar-refractivity contribution in [1.82, 2.24) is 15.5 Å². The molecular formula is C18H27N3O2S. The summed E-state index contributed by atoms with van der Waals surface area (Å²) in [4.78, 5) is 26.5. The van der Waals surface area contributed by atoms with Crippen molar-refractivity contribution in [3.8, 4) is 0 Å². The lowest BCUT2D eigenvalue weighted by molar-refractivity contribution is -0.134. The SMILES string of the molecule is CCCC(=O)NCC(=O)N(Cc1ccsc1)C1CC12CCNCC2. The van der Waals surface area contributed by atoms with E-state index in [2.05, 4.69) is 22.1 Å². The Morgan fingerprint density at radius 2 is 2.21 bits per heavy atom. The highest BCUT2D eigenvalue weighted by molar-refractivity contribution is 7.07. The highest BCUT2D eigenvalue weighted by atomic mass is 32.1. The first kappa shape index (κ1) is 17.4. The third kappa shape index (κ3) is 3.98. The zero-order chi connectivity index (χ0) is 17.0. The standard InChI is InChI=1S/C18H27N3O2S/c1-2-3-16(22)20-11-17(23)21(12-14-4-9-24-13-14)15-10-18(15)5-7-19-8-6-18/h4,9,13,15,19H,2-3,5-8,10-12H2,1H3,(H,20,22). The highest BCUT2D eigenvalue weighted by Crippen LogP contribution is 2.56. The van der Waals surface area contributed by atoms with E-state index in [1.807, 2.05) is 17.2 Å². The van der Waals surface area contributed by atoms with Gasteiger partial charge in [-0.3, -0.25) is 9.59 Å². The van der Waals surface area contributed by atoms with Gasteiger partial charge in [0, 0.05) is 19.0 Å². The molecule has 1 unspecified atom stereocenters. The molecule has 1 aromatic rings. The molecule has 1 spiro atoms. The molecule has 1 aliphatic carbocycles. The average Bonchev–Trinajstić information content (AvgIpc) is 3.02. The molecule has 1 saturated carbocycles. The minimum absolute atomic E-state index is 0.0336. The van der Waals surface area contributed by atoms with Crippen molar-refractivity contribution < 1.29 is 9.59 Å². The Kier molecular flexibility index (Phi) is 5.56. The maximum Gasteiger partial charge on any atom is 0.242 e. The first-order valence-electron chi connectivity index (χ1n) is 8.92. The summed E-state index contributed by atoms with van der Waals surface area (Å²) in [5.74, 6) is 0.0137. The van der Waals surface area contributed by atoms with Gasteiger partial charge < -0.3 is 15.5 Å². The predicted molar refractivity (Wildman–Crippen MR) is 95.7 cm³/mol. The second-order valence-electron chi connectivity index (χ2n) is 7.01. The van der Waals surface area contributed by atoms with Crippen LogP contribution in [-0.2, 0) is 16.1 Å². The van der Waals surface area contributed by atoms with Crippen molar-refractivity contribution in [2.45, 2.75) is 51.6 Å². The maximum absolute atomic E-state index is 12.8. The normalized spacial score (nSPS) is 21.5. The van der Waals surface area contributed by atoms with E-state index in [1.54, 1.807) is 11.3 Å². The smallest absolute Gasteiger partial charge is 0.242 e. The van der Waals surface area contributed by atoms with E-state index < -0.39 is 0 Å². The first-order chi connectivity index (χ1) is 11.6. The van der Waals surface area contributed by atoms with Crippen molar-refractivity contribution in [2.75, 3.05) is 19.6 Å². The van der Waals surface area contributed by atoms with Crippen LogP contribution in [0.2, 0.25) is 0 Å². The fraction of sp³-hybridized carbons (Fsp3) is 0.667. The van der Waals surface area contributed by atoms with Crippen molar-refractivity contribution in [1.29, 1.82) is 0 Å². The van der Waals surface area contributed by atoms with E-state index in [9.17, 15) is 9.59 Å². The maximum atomic E-state index is 12.8. The number of carbonyl (C=O) groups excluding carboxylic acids is 2. The Labute approximate surface area is 147 Å². The van der Waals surface area contributed by atoms with E-state index in [4.69, 9.17) is 0 Å². The van der Waals surface area contributed by atoms with Gasteiger partial charge in [0.1, 0.15) is 0 Å². The van der Waals surface area contributed by atoms with Crippen LogP contribution in [0.3, 0.4) is 0 Å². The fourth-order valence-corrected chi connectivity index (χ4v) is 4.43. The summed E-state index contributed by atoms with van der Waals surface area (Å²) < 4.78 is 0. The molecule has 1 aromatic heterocycles. The highest BCUT2D eigenvalue weighted by Gasteiger charge is 2.57. The average molecular weight is 350 g/mol. The number of amides is 2. The molecule has 1 atom stereocenters. The van der Waals surface area contributed by atoms with E-state index in [0.717, 1.165) is 38.8 Å². The van der Waals surface area contributed by atoms with Crippen LogP contribution >= 0.6 is 11.3 Å². The number of thiophene rings is 1. The summed E-state index contributed by atoms with van der Waals surface area (Å²) in [7, 11) is 0. The van der Waals surface area contributed by atoms with Gasteiger partial charge in [-0.05, 0) is 66.6 Å². The number of piperidine rings is 1. The summed E-state index contributed by atoms with van der Waals surface area (Å²) in [5.41, 5.74) is 1.49. The topological polar surface area (TPSA) is 61.4 Å². The minimum Gasteiger partial charge on any atom is -0.347 e. The summed E-state index contributed by atoms with van der Waals surface area (Å²) in [6, 6.07) is 2.41.